The van der Waals surface area contributed by atoms with E-state index in [2.05, 4.69) is 5.32 Å². The van der Waals surface area contributed by atoms with Gasteiger partial charge in [-0.05, 0) is 64.3 Å². The second-order valence-electron chi connectivity index (χ2n) is 10.6. The van der Waals surface area contributed by atoms with Crippen molar-refractivity contribution in [1.29, 1.82) is 0 Å². The summed E-state index contributed by atoms with van der Waals surface area (Å²) in [5, 5.41) is 14.4. The van der Waals surface area contributed by atoms with Crippen molar-refractivity contribution in [2.24, 2.45) is 0 Å². The van der Waals surface area contributed by atoms with Crippen molar-refractivity contribution in [1.82, 2.24) is 5.32 Å². The monoisotopic (exact) mass is 471 g/mol. The molecule has 7 nitrogen and oxygen atoms in total. The first kappa shape index (κ1) is 25.7. The molecule has 1 aliphatic heterocycles. The van der Waals surface area contributed by atoms with Crippen LogP contribution in [0.25, 0.3) is 0 Å². The summed E-state index contributed by atoms with van der Waals surface area (Å²) in [4.78, 5) is 13.1. The summed E-state index contributed by atoms with van der Waals surface area (Å²) in [6, 6.07) is 6.82. The average Bonchev–Trinajstić information content (AvgIpc) is 3.21. The zero-order valence-corrected chi connectivity index (χ0v) is 21.5. The van der Waals surface area contributed by atoms with Crippen LogP contribution in [0.2, 0.25) is 0 Å². The molecule has 2 aromatic carbocycles. The zero-order valence-electron chi connectivity index (χ0n) is 21.5. The summed E-state index contributed by atoms with van der Waals surface area (Å²) in [6.45, 7) is 14.8. The topological polar surface area (TPSA) is 86.3 Å². The Morgan fingerprint density at radius 2 is 1.68 bits per heavy atom. The van der Waals surface area contributed by atoms with E-state index in [0.29, 0.717) is 23.8 Å². The highest BCUT2D eigenvalue weighted by molar-refractivity contribution is 5.78. The van der Waals surface area contributed by atoms with Gasteiger partial charge in [0.1, 0.15) is 11.8 Å². The summed E-state index contributed by atoms with van der Waals surface area (Å²) in [6.07, 6.45) is 0. The fraction of sp³-hybridized carbons (Fsp3) is 0.519. The van der Waals surface area contributed by atoms with Crippen molar-refractivity contribution in [3.63, 3.8) is 0 Å². The number of hydrogen-bond donors (Lipinski definition) is 2. The van der Waals surface area contributed by atoms with Gasteiger partial charge < -0.3 is 24.1 Å². The molecule has 1 aliphatic rings. The standard InChI is InChI=1S/C27H37NO6/c1-9-32-25(30)22(28-14-16-10-20(31-8)24-21(11-16)33-15-34-24)17-12-18(26(2,3)4)23(29)19(13-17)27(5,6)7/h10-13,22,28-29H,9,14-15H2,1-8H3. The SMILES string of the molecule is CCOC(=O)C(NCc1cc(OC)c2c(c1)OCO2)c1cc(C(C)(C)C)c(O)c(C(C)(C)C)c1. The van der Waals surface area contributed by atoms with Gasteiger partial charge in [-0.3, -0.25) is 5.32 Å². The largest absolute Gasteiger partial charge is 0.507 e. The van der Waals surface area contributed by atoms with Crippen molar-refractivity contribution in [2.45, 2.75) is 71.9 Å². The van der Waals surface area contributed by atoms with Crippen LogP contribution in [0.4, 0.5) is 0 Å². The number of carbonyl (C=O) groups excluding carboxylic acids is 1. The van der Waals surface area contributed by atoms with E-state index >= 15 is 0 Å². The fourth-order valence-corrected chi connectivity index (χ4v) is 4.04. The van der Waals surface area contributed by atoms with Gasteiger partial charge in [0.05, 0.1) is 13.7 Å². The Morgan fingerprint density at radius 1 is 1.06 bits per heavy atom. The molecule has 3 rings (SSSR count). The van der Waals surface area contributed by atoms with E-state index < -0.39 is 6.04 Å². The molecule has 0 fully saturated rings. The van der Waals surface area contributed by atoms with Crippen LogP contribution < -0.4 is 19.5 Å². The van der Waals surface area contributed by atoms with Crippen molar-refractivity contribution < 1.29 is 28.8 Å². The Kier molecular flexibility index (Phi) is 7.36. The zero-order chi connectivity index (χ0) is 25.3. The lowest BCUT2D eigenvalue weighted by Gasteiger charge is -2.30. The molecule has 2 N–H and O–H groups in total. The minimum Gasteiger partial charge on any atom is -0.507 e. The molecule has 0 aliphatic carbocycles. The lowest BCUT2D eigenvalue weighted by atomic mass is 9.77. The molecule has 7 heteroatoms. The molecule has 0 saturated heterocycles. The van der Waals surface area contributed by atoms with Crippen LogP contribution in [0.3, 0.4) is 0 Å². The summed E-state index contributed by atoms with van der Waals surface area (Å²) < 4.78 is 21.9. The quantitative estimate of drug-likeness (QED) is 0.542. The molecule has 1 heterocycles. The predicted octanol–water partition coefficient (Wildman–Crippen LogP) is 5.12. The number of ether oxygens (including phenoxy) is 4. The van der Waals surface area contributed by atoms with E-state index in [0.717, 1.165) is 22.3 Å². The number of aromatic hydroxyl groups is 1. The molecule has 2 aromatic rings. The average molecular weight is 472 g/mol. The van der Waals surface area contributed by atoms with E-state index in [4.69, 9.17) is 18.9 Å². The van der Waals surface area contributed by atoms with Crippen molar-refractivity contribution in [3.8, 4) is 23.0 Å². The smallest absolute Gasteiger partial charge is 0.327 e. The van der Waals surface area contributed by atoms with Gasteiger partial charge in [-0.1, -0.05) is 41.5 Å². The summed E-state index contributed by atoms with van der Waals surface area (Å²) in [5.74, 6) is 1.66. The summed E-state index contributed by atoms with van der Waals surface area (Å²) >= 11 is 0. The number of nitrogens with one attached hydrogen (secondary N) is 1. The third-order valence-electron chi connectivity index (χ3n) is 5.83. The Labute approximate surface area is 202 Å². The maximum atomic E-state index is 13.1. The molecule has 0 radical (unpaired) electrons. The van der Waals surface area contributed by atoms with Crippen LogP contribution in [0, 0.1) is 0 Å². The van der Waals surface area contributed by atoms with Crippen molar-refractivity contribution in [2.75, 3.05) is 20.5 Å². The first-order valence-corrected chi connectivity index (χ1v) is 11.6. The molecule has 34 heavy (non-hydrogen) atoms. The van der Waals surface area contributed by atoms with E-state index in [9.17, 15) is 9.90 Å². The minimum absolute atomic E-state index is 0.146. The molecule has 1 atom stereocenters. The van der Waals surface area contributed by atoms with Crippen LogP contribution in [0.15, 0.2) is 24.3 Å². The van der Waals surface area contributed by atoms with Gasteiger partial charge >= 0.3 is 5.97 Å². The molecule has 0 spiro atoms. The highest BCUT2D eigenvalue weighted by atomic mass is 16.7. The van der Waals surface area contributed by atoms with Gasteiger partial charge in [0.2, 0.25) is 12.5 Å². The van der Waals surface area contributed by atoms with Crippen molar-refractivity contribution in [3.05, 3.63) is 46.5 Å². The van der Waals surface area contributed by atoms with Crippen LogP contribution >= 0.6 is 0 Å². The van der Waals surface area contributed by atoms with Gasteiger partial charge in [-0.2, -0.15) is 0 Å². The van der Waals surface area contributed by atoms with Crippen LogP contribution in [0.1, 0.15) is 76.8 Å². The number of fused-ring (bicyclic) bond motifs is 1. The molecule has 0 saturated carbocycles. The van der Waals surface area contributed by atoms with Crippen LogP contribution in [-0.2, 0) is 26.9 Å². The first-order chi connectivity index (χ1) is 15.9. The Balaban J connectivity index is 2.03. The second kappa shape index (κ2) is 9.74. The summed E-state index contributed by atoms with van der Waals surface area (Å²) in [7, 11) is 1.58. The number of phenolic OH excluding ortho intramolecular Hbond substituents is 1. The first-order valence-electron chi connectivity index (χ1n) is 11.6. The number of benzene rings is 2. The number of rotatable bonds is 7. The lowest BCUT2D eigenvalue weighted by molar-refractivity contribution is -0.145. The van der Waals surface area contributed by atoms with Crippen molar-refractivity contribution >= 4 is 5.97 Å². The Bertz CT molecular complexity index is 1010. The molecular weight excluding hydrogens is 434 g/mol. The third kappa shape index (κ3) is 5.41. The Morgan fingerprint density at radius 3 is 2.21 bits per heavy atom. The maximum absolute atomic E-state index is 13.1. The van der Waals surface area contributed by atoms with E-state index in [1.807, 2.05) is 65.8 Å². The van der Waals surface area contributed by atoms with Gasteiger partial charge in [0, 0.05) is 6.54 Å². The normalized spacial score (nSPS) is 14.1. The molecular formula is C27H37NO6. The van der Waals surface area contributed by atoms with E-state index in [-0.39, 0.29) is 35.9 Å². The number of phenols is 1. The van der Waals surface area contributed by atoms with E-state index in [1.165, 1.54) is 0 Å². The lowest BCUT2D eigenvalue weighted by Crippen LogP contribution is -2.31. The Hall–Kier alpha value is -2.93. The molecule has 186 valence electrons. The van der Waals surface area contributed by atoms with Crippen LogP contribution in [0.5, 0.6) is 23.0 Å². The number of hydrogen-bond acceptors (Lipinski definition) is 7. The number of carbonyl (C=O) groups is 1. The third-order valence-corrected chi connectivity index (χ3v) is 5.83. The molecule has 1 unspecified atom stereocenters. The number of methoxy groups -OCH3 is 1. The predicted molar refractivity (Wildman–Crippen MR) is 131 cm³/mol. The van der Waals surface area contributed by atoms with E-state index in [1.54, 1.807) is 14.0 Å². The molecule has 0 bridgehead atoms. The fourth-order valence-electron chi connectivity index (χ4n) is 4.04. The number of esters is 1. The minimum atomic E-state index is -0.723. The van der Waals surface area contributed by atoms with Gasteiger partial charge in [0.25, 0.3) is 0 Å². The summed E-state index contributed by atoms with van der Waals surface area (Å²) in [5.41, 5.74) is 2.57. The maximum Gasteiger partial charge on any atom is 0.327 e. The highest BCUT2D eigenvalue weighted by Crippen LogP contribution is 2.43. The van der Waals surface area contributed by atoms with Gasteiger partial charge in [-0.15, -0.1) is 0 Å². The van der Waals surface area contributed by atoms with Crippen LogP contribution in [-0.4, -0.2) is 31.6 Å². The molecule has 0 aromatic heterocycles. The molecule has 0 amide bonds. The second-order valence-corrected chi connectivity index (χ2v) is 10.6. The van der Waals surface area contributed by atoms with Gasteiger partial charge in [-0.25, -0.2) is 4.79 Å². The highest BCUT2D eigenvalue weighted by Gasteiger charge is 2.31. The van der Waals surface area contributed by atoms with Gasteiger partial charge in [0.15, 0.2) is 11.5 Å².